The van der Waals surface area contributed by atoms with Crippen LogP contribution >= 0.6 is 15.9 Å². The first-order valence-electron chi connectivity index (χ1n) is 5.14. The lowest BCUT2D eigenvalue weighted by Crippen LogP contribution is -2.30. The largest absolute Gasteiger partial charge is 0.271 e. The molecule has 1 aromatic heterocycles. The molecular weight excluding hydrogens is 304 g/mol. The van der Waals surface area contributed by atoms with E-state index in [2.05, 4.69) is 26.3 Å². The number of nitrogens with zero attached hydrogens (tertiary/aromatic N) is 1. The molecule has 0 spiro atoms. The van der Waals surface area contributed by atoms with Gasteiger partial charge >= 0.3 is 0 Å². The predicted molar refractivity (Wildman–Crippen MR) is 67.5 cm³/mol. The highest BCUT2D eigenvalue weighted by atomic mass is 79.9. The van der Waals surface area contributed by atoms with Gasteiger partial charge < -0.3 is 0 Å². The monoisotopic (exact) mass is 313 g/mol. The molecule has 1 heterocycles. The van der Waals surface area contributed by atoms with Crippen molar-refractivity contribution in [2.24, 2.45) is 5.84 Å². The van der Waals surface area contributed by atoms with E-state index in [0.717, 1.165) is 6.07 Å². The van der Waals surface area contributed by atoms with Crippen molar-refractivity contribution in [3.8, 4) is 0 Å². The second-order valence-electron chi connectivity index (χ2n) is 3.67. The number of nitrogens with two attached hydrogens (primary N) is 1. The van der Waals surface area contributed by atoms with Crippen molar-refractivity contribution >= 4 is 15.9 Å². The molecule has 3 nitrogen and oxygen atoms in total. The standard InChI is InChI=1S/C12H10BrF2N3/c13-10-2-1-3-17-12(10)11(18-16)7-4-8(14)6-9(15)5-7/h1-6,11,18H,16H2. The molecule has 0 fully saturated rings. The number of hydrogen-bond acceptors (Lipinski definition) is 3. The van der Waals surface area contributed by atoms with E-state index in [9.17, 15) is 8.78 Å². The summed E-state index contributed by atoms with van der Waals surface area (Å²) in [6.45, 7) is 0. The van der Waals surface area contributed by atoms with E-state index >= 15 is 0 Å². The van der Waals surface area contributed by atoms with Crippen LogP contribution in [0.3, 0.4) is 0 Å². The van der Waals surface area contributed by atoms with Crippen LogP contribution < -0.4 is 11.3 Å². The van der Waals surface area contributed by atoms with Crippen LogP contribution in [0.4, 0.5) is 8.78 Å². The highest BCUT2D eigenvalue weighted by Crippen LogP contribution is 2.26. The van der Waals surface area contributed by atoms with Crippen LogP contribution in [0, 0.1) is 11.6 Å². The number of aromatic nitrogens is 1. The maximum atomic E-state index is 13.2. The van der Waals surface area contributed by atoms with E-state index in [1.165, 1.54) is 12.1 Å². The van der Waals surface area contributed by atoms with Gasteiger partial charge in [0.25, 0.3) is 0 Å². The van der Waals surface area contributed by atoms with Crippen molar-refractivity contribution < 1.29 is 8.78 Å². The molecule has 1 atom stereocenters. The number of hydrazine groups is 1. The van der Waals surface area contributed by atoms with E-state index in [-0.39, 0.29) is 0 Å². The van der Waals surface area contributed by atoms with Gasteiger partial charge in [0.2, 0.25) is 0 Å². The Morgan fingerprint density at radius 2 is 1.89 bits per heavy atom. The Kier molecular flexibility index (Phi) is 4.00. The predicted octanol–water partition coefficient (Wildman–Crippen LogP) is 2.68. The van der Waals surface area contributed by atoms with Gasteiger partial charge in [0.15, 0.2) is 0 Å². The first kappa shape index (κ1) is 13.1. The van der Waals surface area contributed by atoms with Crippen LogP contribution in [0.1, 0.15) is 17.3 Å². The van der Waals surface area contributed by atoms with E-state index in [1.54, 1.807) is 18.3 Å². The van der Waals surface area contributed by atoms with Gasteiger partial charge in [0.05, 0.1) is 11.7 Å². The number of pyridine rings is 1. The number of hydrogen-bond donors (Lipinski definition) is 2. The van der Waals surface area contributed by atoms with Gasteiger partial charge in [-0.3, -0.25) is 10.8 Å². The molecule has 6 heteroatoms. The van der Waals surface area contributed by atoms with Gasteiger partial charge in [-0.2, -0.15) is 0 Å². The number of rotatable bonds is 3. The van der Waals surface area contributed by atoms with Gasteiger partial charge in [-0.25, -0.2) is 14.2 Å². The number of benzene rings is 1. The van der Waals surface area contributed by atoms with Crippen LogP contribution in [0.5, 0.6) is 0 Å². The normalized spacial score (nSPS) is 12.4. The van der Waals surface area contributed by atoms with Crippen molar-refractivity contribution in [1.29, 1.82) is 0 Å². The van der Waals surface area contributed by atoms with Crippen LogP contribution in [0.15, 0.2) is 41.0 Å². The van der Waals surface area contributed by atoms with Gasteiger partial charge in [0.1, 0.15) is 11.6 Å². The molecule has 0 saturated carbocycles. The zero-order chi connectivity index (χ0) is 13.1. The Hall–Kier alpha value is -1.37. The lowest BCUT2D eigenvalue weighted by Gasteiger charge is -2.17. The minimum atomic E-state index is -0.655. The SMILES string of the molecule is NNC(c1cc(F)cc(F)c1)c1ncccc1Br. The third kappa shape index (κ3) is 2.72. The molecule has 0 aliphatic heterocycles. The highest BCUT2D eigenvalue weighted by Gasteiger charge is 2.18. The average Bonchev–Trinajstić information content (AvgIpc) is 2.31. The molecule has 94 valence electrons. The Balaban J connectivity index is 2.48. The Labute approximate surface area is 111 Å². The summed E-state index contributed by atoms with van der Waals surface area (Å²) in [5.74, 6) is 4.14. The first-order valence-corrected chi connectivity index (χ1v) is 5.93. The van der Waals surface area contributed by atoms with Crippen LogP contribution in [-0.2, 0) is 0 Å². The van der Waals surface area contributed by atoms with Crippen molar-refractivity contribution in [3.63, 3.8) is 0 Å². The van der Waals surface area contributed by atoms with Crippen molar-refractivity contribution in [1.82, 2.24) is 10.4 Å². The maximum absolute atomic E-state index is 13.2. The van der Waals surface area contributed by atoms with Crippen molar-refractivity contribution in [2.75, 3.05) is 0 Å². The third-order valence-electron chi connectivity index (χ3n) is 2.45. The quantitative estimate of drug-likeness (QED) is 0.676. The van der Waals surface area contributed by atoms with Gasteiger partial charge in [-0.15, -0.1) is 0 Å². The molecule has 0 saturated heterocycles. The maximum Gasteiger partial charge on any atom is 0.126 e. The molecule has 2 aromatic rings. The summed E-state index contributed by atoms with van der Waals surface area (Å²) >= 11 is 3.33. The summed E-state index contributed by atoms with van der Waals surface area (Å²) in [6, 6.07) is 6.18. The van der Waals surface area contributed by atoms with E-state index in [1.807, 2.05) is 0 Å². The molecule has 0 bridgehead atoms. The Morgan fingerprint density at radius 3 is 2.44 bits per heavy atom. The third-order valence-corrected chi connectivity index (χ3v) is 3.12. The van der Waals surface area contributed by atoms with Gasteiger partial charge in [-0.05, 0) is 45.8 Å². The summed E-state index contributed by atoms with van der Waals surface area (Å²) in [4.78, 5) is 4.15. The first-order chi connectivity index (χ1) is 8.61. The second-order valence-corrected chi connectivity index (χ2v) is 4.53. The zero-order valence-corrected chi connectivity index (χ0v) is 10.8. The summed E-state index contributed by atoms with van der Waals surface area (Å²) in [5.41, 5.74) is 3.43. The van der Waals surface area contributed by atoms with E-state index in [0.29, 0.717) is 15.7 Å². The Bertz CT molecular complexity index is 543. The number of halogens is 3. The van der Waals surface area contributed by atoms with E-state index < -0.39 is 17.7 Å². The van der Waals surface area contributed by atoms with Crippen LogP contribution in [0.25, 0.3) is 0 Å². The Morgan fingerprint density at radius 1 is 1.22 bits per heavy atom. The smallest absolute Gasteiger partial charge is 0.126 e. The lowest BCUT2D eigenvalue weighted by molar-refractivity contribution is 0.562. The lowest BCUT2D eigenvalue weighted by atomic mass is 10.0. The minimum absolute atomic E-state index is 0.370. The average molecular weight is 314 g/mol. The summed E-state index contributed by atoms with van der Waals surface area (Å²) in [5, 5.41) is 0. The minimum Gasteiger partial charge on any atom is -0.271 e. The van der Waals surface area contributed by atoms with Crippen molar-refractivity contribution in [3.05, 3.63) is 63.9 Å². The highest BCUT2D eigenvalue weighted by molar-refractivity contribution is 9.10. The number of nitrogens with one attached hydrogen (secondary N) is 1. The molecule has 18 heavy (non-hydrogen) atoms. The van der Waals surface area contributed by atoms with Crippen LogP contribution in [0.2, 0.25) is 0 Å². The molecule has 1 aromatic carbocycles. The van der Waals surface area contributed by atoms with E-state index in [4.69, 9.17) is 5.84 Å². The molecular formula is C12H10BrF2N3. The molecule has 3 N–H and O–H groups in total. The fourth-order valence-corrected chi connectivity index (χ4v) is 2.17. The molecule has 2 rings (SSSR count). The van der Waals surface area contributed by atoms with Gasteiger partial charge in [-0.1, -0.05) is 0 Å². The summed E-state index contributed by atoms with van der Waals surface area (Å²) in [7, 11) is 0. The fraction of sp³-hybridized carbons (Fsp3) is 0.0833. The summed E-state index contributed by atoms with van der Waals surface area (Å²) in [6.07, 6.45) is 1.58. The molecule has 0 aliphatic rings. The molecule has 0 radical (unpaired) electrons. The molecule has 0 aliphatic carbocycles. The van der Waals surface area contributed by atoms with Crippen LogP contribution in [-0.4, -0.2) is 4.98 Å². The second kappa shape index (κ2) is 5.51. The van der Waals surface area contributed by atoms with Gasteiger partial charge in [0, 0.05) is 16.7 Å². The molecule has 0 amide bonds. The summed E-state index contributed by atoms with van der Waals surface area (Å²) < 4.78 is 27.1. The molecule has 1 unspecified atom stereocenters. The zero-order valence-electron chi connectivity index (χ0n) is 9.20. The fourth-order valence-electron chi connectivity index (χ4n) is 1.69. The van der Waals surface area contributed by atoms with Crippen molar-refractivity contribution in [2.45, 2.75) is 6.04 Å². The topological polar surface area (TPSA) is 50.9 Å².